The number of alkyl halides is 3. The number of fused-ring (bicyclic) bond motifs is 3. The summed E-state index contributed by atoms with van der Waals surface area (Å²) < 4.78 is 47.8. The Balaban J connectivity index is 1.71. The van der Waals surface area contributed by atoms with Gasteiger partial charge in [-0.15, -0.1) is 0 Å². The van der Waals surface area contributed by atoms with Crippen LogP contribution in [0.1, 0.15) is 46.0 Å². The minimum absolute atomic E-state index is 0.115. The summed E-state index contributed by atoms with van der Waals surface area (Å²) in [6.45, 7) is 7.19. The van der Waals surface area contributed by atoms with E-state index in [0.29, 0.717) is 60.1 Å². The Morgan fingerprint density at radius 1 is 1.14 bits per heavy atom. The molecule has 9 nitrogen and oxygen atoms in total. The lowest BCUT2D eigenvalue weighted by Crippen LogP contribution is -2.38. The van der Waals surface area contributed by atoms with E-state index < -0.39 is 23.9 Å². The van der Waals surface area contributed by atoms with Gasteiger partial charge < -0.3 is 20.1 Å². The number of hydrogen-bond donors (Lipinski definition) is 2. The summed E-state index contributed by atoms with van der Waals surface area (Å²) in [6.07, 6.45) is -3.64. The number of nitrogens with one attached hydrogen (secondary N) is 1. The summed E-state index contributed by atoms with van der Waals surface area (Å²) in [6, 6.07) is 6.56. The molecular weight excluding hydrogens is 489 g/mol. The van der Waals surface area contributed by atoms with Crippen molar-refractivity contribution < 1.29 is 27.8 Å². The number of aromatic nitrogens is 4. The van der Waals surface area contributed by atoms with E-state index in [2.05, 4.69) is 15.3 Å². The van der Waals surface area contributed by atoms with Crippen LogP contribution in [0, 0.1) is 13.8 Å². The van der Waals surface area contributed by atoms with Gasteiger partial charge in [-0.1, -0.05) is 6.07 Å². The van der Waals surface area contributed by atoms with Crippen LogP contribution in [0.5, 0.6) is 0 Å². The molecule has 0 spiro atoms. The SMILES string of the molecule is Cc1cc([C@@H](C)Nc2ccc(C)nc2C(=O)O)c2nc(N3CCOCC3)n3cc(C(F)(F)F)nc3c2c1. The number of ether oxygens (including phenoxy) is 1. The zero-order valence-electron chi connectivity index (χ0n) is 20.4. The molecule has 194 valence electrons. The van der Waals surface area contributed by atoms with Gasteiger partial charge in [-0.2, -0.15) is 13.2 Å². The lowest BCUT2D eigenvalue weighted by atomic mass is 10.0. The average molecular weight is 515 g/mol. The second-order valence-corrected chi connectivity index (χ2v) is 9.10. The smallest absolute Gasteiger partial charge is 0.434 e. The van der Waals surface area contributed by atoms with Crippen LogP contribution in [0.25, 0.3) is 16.6 Å². The third-order valence-corrected chi connectivity index (χ3v) is 6.32. The molecule has 0 amide bonds. The lowest BCUT2D eigenvalue weighted by Gasteiger charge is -2.29. The molecular formula is C25H25F3N6O3. The van der Waals surface area contributed by atoms with Gasteiger partial charge >= 0.3 is 12.1 Å². The molecule has 1 atom stereocenters. The predicted molar refractivity (Wildman–Crippen MR) is 131 cm³/mol. The number of anilines is 2. The van der Waals surface area contributed by atoms with Gasteiger partial charge in [0.1, 0.15) is 5.65 Å². The Labute approximate surface area is 209 Å². The second-order valence-electron chi connectivity index (χ2n) is 9.10. The van der Waals surface area contributed by atoms with Gasteiger partial charge in [-0.05, 0) is 44.5 Å². The molecule has 0 bridgehead atoms. The normalized spacial score (nSPS) is 15.4. The fourth-order valence-electron chi connectivity index (χ4n) is 4.58. The third-order valence-electron chi connectivity index (χ3n) is 6.32. The molecule has 0 radical (unpaired) electrons. The van der Waals surface area contributed by atoms with Crippen LogP contribution >= 0.6 is 0 Å². The van der Waals surface area contributed by atoms with Crippen molar-refractivity contribution >= 4 is 34.2 Å². The van der Waals surface area contributed by atoms with E-state index in [9.17, 15) is 23.1 Å². The van der Waals surface area contributed by atoms with E-state index in [1.54, 1.807) is 25.1 Å². The van der Waals surface area contributed by atoms with Crippen molar-refractivity contribution in [2.75, 3.05) is 36.5 Å². The van der Waals surface area contributed by atoms with Crippen LogP contribution in [0.3, 0.4) is 0 Å². The maximum Gasteiger partial charge on any atom is 0.434 e. The number of pyridine rings is 1. The van der Waals surface area contributed by atoms with Crippen LogP contribution in [0.4, 0.5) is 24.8 Å². The summed E-state index contributed by atoms with van der Waals surface area (Å²) in [7, 11) is 0. The van der Waals surface area contributed by atoms with E-state index in [1.165, 1.54) is 4.40 Å². The molecule has 1 aliphatic heterocycles. The minimum Gasteiger partial charge on any atom is -0.476 e. The number of imidazole rings is 1. The molecule has 37 heavy (non-hydrogen) atoms. The van der Waals surface area contributed by atoms with Gasteiger partial charge in [0.15, 0.2) is 11.4 Å². The number of nitrogens with zero attached hydrogens (tertiary/aromatic N) is 5. The summed E-state index contributed by atoms with van der Waals surface area (Å²) >= 11 is 0. The fraction of sp³-hybridized carbons (Fsp3) is 0.360. The molecule has 4 aromatic rings. The van der Waals surface area contributed by atoms with E-state index in [-0.39, 0.29) is 11.3 Å². The fourth-order valence-corrected chi connectivity index (χ4v) is 4.58. The van der Waals surface area contributed by atoms with Crippen molar-refractivity contribution in [2.24, 2.45) is 0 Å². The molecule has 4 heterocycles. The van der Waals surface area contributed by atoms with Crippen LogP contribution in [-0.2, 0) is 10.9 Å². The number of morpholine rings is 1. The molecule has 1 saturated heterocycles. The molecule has 1 aromatic carbocycles. The van der Waals surface area contributed by atoms with Gasteiger partial charge in [0.25, 0.3) is 0 Å². The van der Waals surface area contributed by atoms with Crippen molar-refractivity contribution in [1.82, 2.24) is 19.4 Å². The first-order valence-electron chi connectivity index (χ1n) is 11.7. The van der Waals surface area contributed by atoms with Crippen LogP contribution in [0.15, 0.2) is 30.5 Å². The Kier molecular flexibility index (Phi) is 6.14. The van der Waals surface area contributed by atoms with E-state index >= 15 is 0 Å². The highest BCUT2D eigenvalue weighted by Crippen LogP contribution is 2.35. The average Bonchev–Trinajstić information content (AvgIpc) is 3.31. The van der Waals surface area contributed by atoms with Gasteiger partial charge in [0, 0.05) is 35.9 Å². The molecule has 2 N–H and O–H groups in total. The number of halogens is 3. The highest BCUT2D eigenvalue weighted by molar-refractivity contribution is 5.96. The van der Waals surface area contributed by atoms with E-state index in [4.69, 9.17) is 9.72 Å². The van der Waals surface area contributed by atoms with Crippen molar-refractivity contribution in [3.63, 3.8) is 0 Å². The minimum atomic E-state index is -4.62. The molecule has 3 aromatic heterocycles. The quantitative estimate of drug-likeness (QED) is 0.398. The zero-order chi connectivity index (χ0) is 26.5. The van der Waals surface area contributed by atoms with E-state index in [0.717, 1.165) is 11.8 Å². The highest BCUT2D eigenvalue weighted by Gasteiger charge is 2.35. The summed E-state index contributed by atoms with van der Waals surface area (Å²) in [5, 5.41) is 13.3. The van der Waals surface area contributed by atoms with Crippen molar-refractivity contribution in [3.05, 3.63) is 58.7 Å². The summed E-state index contributed by atoms with van der Waals surface area (Å²) in [4.78, 5) is 26.6. The maximum absolute atomic E-state index is 13.7. The molecule has 0 aliphatic carbocycles. The first-order chi connectivity index (χ1) is 17.5. The first-order valence-corrected chi connectivity index (χ1v) is 11.7. The largest absolute Gasteiger partial charge is 0.476 e. The Hall–Kier alpha value is -3.93. The molecule has 1 aliphatic rings. The van der Waals surface area contributed by atoms with Crippen LogP contribution < -0.4 is 10.2 Å². The Morgan fingerprint density at radius 2 is 1.86 bits per heavy atom. The molecule has 12 heteroatoms. The number of rotatable bonds is 5. The molecule has 0 saturated carbocycles. The topological polar surface area (TPSA) is 105 Å². The molecule has 5 rings (SSSR count). The van der Waals surface area contributed by atoms with Gasteiger partial charge in [-0.25, -0.2) is 19.7 Å². The zero-order valence-corrected chi connectivity index (χ0v) is 20.4. The Morgan fingerprint density at radius 3 is 2.54 bits per heavy atom. The third kappa shape index (κ3) is 4.64. The highest BCUT2D eigenvalue weighted by atomic mass is 19.4. The number of carbonyl (C=O) groups is 1. The van der Waals surface area contributed by atoms with Crippen LogP contribution in [-0.4, -0.2) is 56.7 Å². The van der Waals surface area contributed by atoms with Crippen LogP contribution in [0.2, 0.25) is 0 Å². The monoisotopic (exact) mass is 514 g/mol. The maximum atomic E-state index is 13.7. The number of aryl methyl sites for hydroxylation is 2. The summed E-state index contributed by atoms with van der Waals surface area (Å²) in [5.74, 6) is -0.826. The van der Waals surface area contributed by atoms with Gasteiger partial charge in [0.2, 0.25) is 5.95 Å². The standard InChI is InChI=1S/C25H25F3N6O3/c1-13-10-16(15(3)30-18-5-4-14(2)29-21(18)23(35)36)20-17(11-13)22-31-19(25(26,27)28)12-34(22)24(32-20)33-6-8-37-9-7-33/h4-5,10-12,15,30H,6-9H2,1-3H3,(H,35,36)/t15-/m1/s1. The number of carboxylic acid groups (broad SMARTS) is 1. The number of hydrogen-bond acceptors (Lipinski definition) is 7. The number of aromatic carboxylic acids is 1. The van der Waals surface area contributed by atoms with E-state index in [1.807, 2.05) is 24.8 Å². The second kappa shape index (κ2) is 9.18. The first kappa shape index (κ1) is 24.8. The summed E-state index contributed by atoms with van der Waals surface area (Å²) in [5.41, 5.74) is 1.91. The predicted octanol–water partition coefficient (Wildman–Crippen LogP) is 4.62. The lowest BCUT2D eigenvalue weighted by molar-refractivity contribution is -0.140. The Bertz CT molecular complexity index is 1510. The molecule has 1 fully saturated rings. The number of benzene rings is 1. The molecule has 0 unspecified atom stereocenters. The van der Waals surface area contributed by atoms with Gasteiger partial charge in [-0.3, -0.25) is 4.40 Å². The van der Waals surface area contributed by atoms with Crippen molar-refractivity contribution in [1.29, 1.82) is 0 Å². The number of carboxylic acids is 1. The van der Waals surface area contributed by atoms with Gasteiger partial charge in [0.05, 0.1) is 30.5 Å². The van der Waals surface area contributed by atoms with Crippen molar-refractivity contribution in [3.8, 4) is 0 Å². The van der Waals surface area contributed by atoms with Crippen molar-refractivity contribution in [2.45, 2.75) is 33.0 Å².